The summed E-state index contributed by atoms with van der Waals surface area (Å²) in [5, 5.41) is 22.4. The Morgan fingerprint density at radius 2 is 1.43 bits per heavy atom. The molecule has 7 nitrogen and oxygen atoms in total. The fourth-order valence-electron chi connectivity index (χ4n) is 2.75. The quantitative estimate of drug-likeness (QED) is 0.418. The summed E-state index contributed by atoms with van der Waals surface area (Å²) in [6.45, 7) is 3.19. The number of halogens is 5. The summed E-state index contributed by atoms with van der Waals surface area (Å²) >= 11 is 12.4. The highest BCUT2D eigenvalue weighted by Crippen LogP contribution is 2.49. The van der Waals surface area contributed by atoms with Crippen LogP contribution in [0.5, 0.6) is 0 Å². The Morgan fingerprint density at radius 1 is 0.929 bits per heavy atom. The van der Waals surface area contributed by atoms with Crippen molar-refractivity contribution in [3.05, 3.63) is 65.2 Å². The third kappa shape index (κ3) is 3.83. The van der Waals surface area contributed by atoms with Gasteiger partial charge < -0.3 is 4.90 Å². The van der Waals surface area contributed by atoms with E-state index in [0.717, 1.165) is 11.9 Å². The van der Waals surface area contributed by atoms with Gasteiger partial charge in [-0.15, -0.1) is 0 Å². The second-order valence-electron chi connectivity index (χ2n) is 5.92. The van der Waals surface area contributed by atoms with Crippen molar-refractivity contribution in [3.8, 4) is 0 Å². The summed E-state index contributed by atoms with van der Waals surface area (Å²) in [5.41, 5.74) is -3.72. The highest BCUT2D eigenvalue weighted by molar-refractivity contribution is 6.40. The summed E-state index contributed by atoms with van der Waals surface area (Å²) in [6, 6.07) is 2.31. The largest absolute Gasteiger partial charge is 0.418 e. The molecule has 0 aliphatic heterocycles. The Labute approximate surface area is 166 Å². The average Bonchev–Trinajstić information content (AvgIpc) is 2.57. The first kappa shape index (κ1) is 21.7. The minimum atomic E-state index is -5.11. The number of nitro groups is 2. The average molecular weight is 438 g/mol. The highest BCUT2D eigenvalue weighted by atomic mass is 35.5. The minimum absolute atomic E-state index is 0.00104. The lowest BCUT2D eigenvalue weighted by Crippen LogP contribution is -2.20. The Kier molecular flexibility index (Phi) is 5.77. The van der Waals surface area contributed by atoms with Gasteiger partial charge in [0.25, 0.3) is 11.4 Å². The molecule has 28 heavy (non-hydrogen) atoms. The van der Waals surface area contributed by atoms with Crippen molar-refractivity contribution in [3.63, 3.8) is 0 Å². The lowest BCUT2D eigenvalue weighted by molar-refractivity contribution is -0.394. The number of benzene rings is 2. The number of nitrogens with zero attached hydrogens (tertiary/aromatic N) is 3. The van der Waals surface area contributed by atoms with Crippen LogP contribution < -0.4 is 4.90 Å². The van der Waals surface area contributed by atoms with Crippen molar-refractivity contribution in [1.29, 1.82) is 0 Å². The number of hydrogen-bond donors (Lipinski definition) is 0. The molecule has 0 N–H and O–H groups in total. The highest BCUT2D eigenvalue weighted by Gasteiger charge is 2.41. The molecule has 0 aliphatic rings. The minimum Gasteiger partial charge on any atom is -0.336 e. The van der Waals surface area contributed by atoms with E-state index in [4.69, 9.17) is 23.2 Å². The molecule has 0 unspecified atom stereocenters. The maximum absolute atomic E-state index is 13.6. The van der Waals surface area contributed by atoms with Crippen LogP contribution in [0.3, 0.4) is 0 Å². The second-order valence-corrected chi connectivity index (χ2v) is 6.67. The van der Waals surface area contributed by atoms with E-state index in [9.17, 15) is 33.4 Å². The molecular formula is C16H12Cl2F3N3O4. The van der Waals surface area contributed by atoms with Crippen LogP contribution in [-0.2, 0) is 6.18 Å². The third-order valence-corrected chi connectivity index (χ3v) is 4.95. The monoisotopic (exact) mass is 437 g/mol. The lowest BCUT2D eigenvalue weighted by atomic mass is 10.1. The number of nitro benzene ring substituents is 2. The summed E-state index contributed by atoms with van der Waals surface area (Å²) in [5.74, 6) is 0. The van der Waals surface area contributed by atoms with E-state index in [1.54, 1.807) is 19.9 Å². The summed E-state index contributed by atoms with van der Waals surface area (Å²) < 4.78 is 40.9. The topological polar surface area (TPSA) is 89.5 Å². The van der Waals surface area contributed by atoms with Gasteiger partial charge in [0.15, 0.2) is 0 Å². The lowest BCUT2D eigenvalue weighted by Gasteiger charge is -2.26. The zero-order chi connectivity index (χ0) is 21.5. The Morgan fingerprint density at radius 3 is 1.82 bits per heavy atom. The number of hydrogen-bond acceptors (Lipinski definition) is 5. The maximum Gasteiger partial charge on any atom is 0.418 e. The second kappa shape index (κ2) is 7.44. The van der Waals surface area contributed by atoms with Gasteiger partial charge in [0.1, 0.15) is 5.69 Å². The van der Waals surface area contributed by atoms with Crippen LogP contribution in [0.4, 0.5) is 35.9 Å². The van der Waals surface area contributed by atoms with Crippen LogP contribution in [0.25, 0.3) is 0 Å². The molecule has 0 saturated heterocycles. The van der Waals surface area contributed by atoms with Gasteiger partial charge >= 0.3 is 6.18 Å². The number of aryl methyl sites for hydroxylation is 2. The maximum atomic E-state index is 13.6. The normalized spacial score (nSPS) is 11.4. The molecule has 2 aromatic carbocycles. The molecule has 0 heterocycles. The van der Waals surface area contributed by atoms with Crippen LogP contribution in [0.2, 0.25) is 10.0 Å². The molecule has 0 spiro atoms. The van der Waals surface area contributed by atoms with Crippen LogP contribution in [0.15, 0.2) is 18.2 Å². The first-order valence-corrected chi connectivity index (χ1v) is 8.25. The number of alkyl halides is 3. The molecule has 150 valence electrons. The molecule has 12 heteroatoms. The first-order chi connectivity index (χ1) is 12.8. The van der Waals surface area contributed by atoms with Gasteiger partial charge in [0.05, 0.1) is 37.2 Å². The van der Waals surface area contributed by atoms with Crippen molar-refractivity contribution in [2.75, 3.05) is 11.9 Å². The van der Waals surface area contributed by atoms with Crippen molar-refractivity contribution in [1.82, 2.24) is 0 Å². The summed E-state index contributed by atoms with van der Waals surface area (Å²) in [7, 11) is 1.12. The number of rotatable bonds is 4. The van der Waals surface area contributed by atoms with E-state index in [1.165, 1.54) is 0 Å². The SMILES string of the molecule is Cc1cc(C)c(Cl)c(N(C)c2c([N+](=O)[O-])cc([N+](=O)[O-])cc2C(F)(F)F)c1Cl. The van der Waals surface area contributed by atoms with Crippen LogP contribution in [-0.4, -0.2) is 16.9 Å². The van der Waals surface area contributed by atoms with E-state index in [2.05, 4.69) is 0 Å². The molecule has 2 rings (SSSR count). The molecule has 0 aliphatic carbocycles. The van der Waals surface area contributed by atoms with Crippen molar-refractivity contribution >= 4 is 46.0 Å². The molecule has 0 bridgehead atoms. The van der Waals surface area contributed by atoms with Gasteiger partial charge in [-0.1, -0.05) is 29.3 Å². The molecule has 0 radical (unpaired) electrons. The number of non-ortho nitro benzene ring substituents is 1. The zero-order valence-corrected chi connectivity index (χ0v) is 16.1. The molecule has 0 amide bonds. The van der Waals surface area contributed by atoms with Crippen LogP contribution >= 0.6 is 23.2 Å². The van der Waals surface area contributed by atoms with E-state index in [0.29, 0.717) is 17.2 Å². The van der Waals surface area contributed by atoms with E-state index < -0.39 is 38.6 Å². The predicted octanol–water partition coefficient (Wildman–Crippen LogP) is 6.21. The van der Waals surface area contributed by atoms with E-state index in [1.807, 2.05) is 0 Å². The van der Waals surface area contributed by atoms with E-state index >= 15 is 0 Å². The fraction of sp³-hybridized carbons (Fsp3) is 0.250. The molecule has 0 fully saturated rings. The van der Waals surface area contributed by atoms with Gasteiger partial charge in [-0.05, 0) is 25.0 Å². The van der Waals surface area contributed by atoms with Crippen LogP contribution in [0, 0.1) is 34.1 Å². The third-order valence-electron chi connectivity index (χ3n) is 4.00. The van der Waals surface area contributed by atoms with Gasteiger partial charge in [-0.3, -0.25) is 20.2 Å². The molecule has 2 aromatic rings. The predicted molar refractivity (Wildman–Crippen MR) is 98.8 cm³/mol. The fourth-order valence-corrected chi connectivity index (χ4v) is 3.35. The summed E-state index contributed by atoms with van der Waals surface area (Å²) in [4.78, 5) is 21.0. The van der Waals surface area contributed by atoms with E-state index in [-0.39, 0.29) is 21.8 Å². The van der Waals surface area contributed by atoms with Gasteiger partial charge in [-0.2, -0.15) is 13.2 Å². The number of anilines is 2. The first-order valence-electron chi connectivity index (χ1n) is 7.50. The van der Waals surface area contributed by atoms with Crippen molar-refractivity contribution < 1.29 is 23.0 Å². The molecule has 0 saturated carbocycles. The smallest absolute Gasteiger partial charge is 0.336 e. The zero-order valence-electron chi connectivity index (χ0n) is 14.6. The Hall–Kier alpha value is -2.59. The Bertz CT molecular complexity index is 970. The van der Waals surface area contributed by atoms with Gasteiger partial charge in [0.2, 0.25) is 0 Å². The Balaban J connectivity index is 2.96. The molecule has 0 atom stereocenters. The van der Waals surface area contributed by atoms with Crippen molar-refractivity contribution in [2.24, 2.45) is 0 Å². The van der Waals surface area contributed by atoms with Crippen LogP contribution in [0.1, 0.15) is 16.7 Å². The summed E-state index contributed by atoms with van der Waals surface area (Å²) in [6.07, 6.45) is -5.11. The molecular weight excluding hydrogens is 426 g/mol. The molecule has 0 aromatic heterocycles. The van der Waals surface area contributed by atoms with Gasteiger partial charge in [0, 0.05) is 13.1 Å². The standard InChI is InChI=1S/C16H12Cl2F3N3O4/c1-7-4-8(2)13(18)15(12(7)17)22(3)14-10(16(19,20)21)5-9(23(25)26)6-11(14)24(27)28/h4-6H,1-3H3. The van der Waals surface area contributed by atoms with Gasteiger partial charge in [-0.25, -0.2) is 0 Å². The van der Waals surface area contributed by atoms with Crippen molar-refractivity contribution in [2.45, 2.75) is 20.0 Å².